The molecule has 0 aromatic carbocycles. The van der Waals surface area contributed by atoms with Crippen LogP contribution in [-0.2, 0) is 47.7 Å². The molecule has 12 heteroatoms. The third-order valence-electron chi connectivity index (χ3n) is 7.01. The van der Waals surface area contributed by atoms with Gasteiger partial charge in [0.1, 0.15) is 30.5 Å². The van der Waals surface area contributed by atoms with E-state index < -0.39 is 83.0 Å². The van der Waals surface area contributed by atoms with E-state index in [1.165, 1.54) is 27.7 Å². The Balaban J connectivity index is 2.05. The van der Waals surface area contributed by atoms with E-state index in [2.05, 4.69) is 13.2 Å². The third-order valence-corrected chi connectivity index (χ3v) is 7.73. The van der Waals surface area contributed by atoms with Crippen LogP contribution >= 0.6 is 23.2 Å². The second kappa shape index (κ2) is 10.6. The Kier molecular flexibility index (Phi) is 8.34. The molecule has 0 aromatic rings. The summed E-state index contributed by atoms with van der Waals surface area (Å²) in [6, 6.07) is 0. The lowest BCUT2D eigenvalue weighted by Gasteiger charge is -2.38. The van der Waals surface area contributed by atoms with Crippen molar-refractivity contribution in [2.45, 2.75) is 69.3 Å². The van der Waals surface area contributed by atoms with Gasteiger partial charge in [0.05, 0.1) is 11.8 Å². The van der Waals surface area contributed by atoms with E-state index >= 15 is 0 Å². The molecule has 0 radical (unpaired) electrons. The van der Waals surface area contributed by atoms with E-state index in [1.54, 1.807) is 0 Å². The van der Waals surface area contributed by atoms with Gasteiger partial charge in [-0.1, -0.05) is 18.7 Å². The molecule has 0 amide bonds. The maximum atomic E-state index is 13.0. The second-order valence-corrected chi connectivity index (χ2v) is 11.0. The average molecular weight is 561 g/mol. The molecule has 2 saturated carbocycles. The van der Waals surface area contributed by atoms with E-state index in [-0.39, 0.29) is 24.3 Å². The van der Waals surface area contributed by atoms with Gasteiger partial charge in [-0.25, -0.2) is 4.79 Å². The Hall–Kier alpha value is -2.59. The van der Waals surface area contributed by atoms with Crippen LogP contribution in [0.3, 0.4) is 0 Å². The van der Waals surface area contributed by atoms with E-state index in [9.17, 15) is 24.0 Å². The summed E-state index contributed by atoms with van der Waals surface area (Å²) < 4.78 is 27.7. The Morgan fingerprint density at radius 1 is 1.05 bits per heavy atom. The van der Waals surface area contributed by atoms with Crippen molar-refractivity contribution in [3.05, 3.63) is 24.3 Å². The monoisotopic (exact) mass is 560 g/mol. The van der Waals surface area contributed by atoms with Gasteiger partial charge in [0.15, 0.2) is 4.87 Å². The summed E-state index contributed by atoms with van der Waals surface area (Å²) in [5, 5.41) is 0. The summed E-state index contributed by atoms with van der Waals surface area (Å²) in [7, 11) is 0. The van der Waals surface area contributed by atoms with Crippen LogP contribution in [0.5, 0.6) is 0 Å². The van der Waals surface area contributed by atoms with Crippen LogP contribution < -0.4 is 0 Å². The molecular weight excluding hydrogens is 531 g/mol. The van der Waals surface area contributed by atoms with Gasteiger partial charge in [-0.3, -0.25) is 19.2 Å². The molecule has 1 saturated heterocycles. The number of carbonyl (C=O) groups is 5. The average Bonchev–Trinajstić information content (AvgIpc) is 3.19. The zero-order valence-corrected chi connectivity index (χ0v) is 22.6. The van der Waals surface area contributed by atoms with Gasteiger partial charge >= 0.3 is 29.8 Å². The Morgan fingerprint density at radius 3 is 2.24 bits per heavy atom. The molecule has 3 aliphatic rings. The first-order chi connectivity index (χ1) is 17.1. The molecule has 0 spiro atoms. The molecule has 1 heterocycles. The zero-order valence-electron chi connectivity index (χ0n) is 21.0. The normalized spacial score (nSPS) is 34.3. The molecule has 204 valence electrons. The fourth-order valence-electron chi connectivity index (χ4n) is 5.61. The number of carbonyl (C=O) groups excluding carboxylic acids is 5. The minimum Gasteiger partial charge on any atom is -0.463 e. The lowest BCUT2D eigenvalue weighted by Crippen LogP contribution is -2.50. The van der Waals surface area contributed by atoms with Gasteiger partial charge in [0.25, 0.3) is 0 Å². The highest BCUT2D eigenvalue weighted by Gasteiger charge is 2.67. The number of fused-ring (bicyclic) bond motifs is 3. The molecule has 3 rings (SSSR count). The third kappa shape index (κ3) is 5.65. The van der Waals surface area contributed by atoms with Gasteiger partial charge in [-0.15, -0.1) is 23.2 Å². The van der Waals surface area contributed by atoms with Gasteiger partial charge in [0.2, 0.25) is 0 Å². The standard InChI is InChI=1S/C25H30Cl2O10/c1-11-7-16(35-23(32)24(6,27)10-33-13(3)28)19-12(2)22(31)36-21(19)20-18(11)17(34-14(4)29)8-25(20,9-26)37-15(5)30/h16-21H,1-2,7-10H2,3-6H3. The lowest BCUT2D eigenvalue weighted by atomic mass is 9.76. The van der Waals surface area contributed by atoms with Crippen LogP contribution in [0, 0.1) is 17.8 Å². The second-order valence-electron chi connectivity index (χ2n) is 9.90. The number of alkyl halides is 2. The lowest BCUT2D eigenvalue weighted by molar-refractivity contribution is -0.169. The van der Waals surface area contributed by atoms with Crippen LogP contribution in [0.4, 0.5) is 0 Å². The van der Waals surface area contributed by atoms with Gasteiger partial charge in [0, 0.05) is 51.0 Å². The first-order valence-corrected chi connectivity index (χ1v) is 12.6. The summed E-state index contributed by atoms with van der Waals surface area (Å²) in [5.41, 5.74) is -0.804. The van der Waals surface area contributed by atoms with Crippen molar-refractivity contribution in [3.8, 4) is 0 Å². The number of ether oxygens (including phenoxy) is 5. The highest BCUT2D eigenvalue weighted by Crippen LogP contribution is 2.57. The zero-order chi connectivity index (χ0) is 27.9. The van der Waals surface area contributed by atoms with Crippen molar-refractivity contribution in [2.75, 3.05) is 12.5 Å². The predicted octanol–water partition coefficient (Wildman–Crippen LogP) is 2.63. The quantitative estimate of drug-likeness (QED) is 0.150. The summed E-state index contributed by atoms with van der Waals surface area (Å²) >= 11 is 12.7. The molecule has 2 aliphatic carbocycles. The summed E-state index contributed by atoms with van der Waals surface area (Å²) in [6.45, 7) is 12.6. The topological polar surface area (TPSA) is 132 Å². The summed E-state index contributed by atoms with van der Waals surface area (Å²) in [5.74, 6) is -5.88. The van der Waals surface area contributed by atoms with Crippen molar-refractivity contribution < 1.29 is 47.7 Å². The molecule has 3 fully saturated rings. The van der Waals surface area contributed by atoms with E-state index in [0.29, 0.717) is 5.57 Å². The first kappa shape index (κ1) is 29.0. The molecule has 10 nitrogen and oxygen atoms in total. The highest BCUT2D eigenvalue weighted by molar-refractivity contribution is 6.34. The van der Waals surface area contributed by atoms with Crippen LogP contribution in [0.2, 0.25) is 0 Å². The fourth-order valence-corrected chi connectivity index (χ4v) is 6.05. The van der Waals surface area contributed by atoms with Crippen molar-refractivity contribution in [2.24, 2.45) is 17.8 Å². The van der Waals surface area contributed by atoms with Gasteiger partial charge in [-0.05, 0) is 6.92 Å². The maximum absolute atomic E-state index is 13.0. The molecule has 0 bridgehead atoms. The van der Waals surface area contributed by atoms with Crippen LogP contribution in [0.25, 0.3) is 0 Å². The Labute approximate surface area is 224 Å². The Bertz CT molecular complexity index is 1040. The number of esters is 5. The van der Waals surface area contributed by atoms with E-state index in [1.807, 2.05) is 0 Å². The molecule has 0 N–H and O–H groups in total. The number of hydrogen-bond acceptors (Lipinski definition) is 10. The Morgan fingerprint density at radius 2 is 1.70 bits per heavy atom. The molecule has 37 heavy (non-hydrogen) atoms. The minimum absolute atomic E-state index is 0.0421. The summed E-state index contributed by atoms with van der Waals surface area (Å²) in [4.78, 5) is 59.3. The predicted molar refractivity (Wildman–Crippen MR) is 129 cm³/mol. The van der Waals surface area contributed by atoms with E-state index in [4.69, 9.17) is 46.9 Å². The van der Waals surface area contributed by atoms with Crippen molar-refractivity contribution in [3.63, 3.8) is 0 Å². The first-order valence-electron chi connectivity index (χ1n) is 11.7. The van der Waals surface area contributed by atoms with Crippen LogP contribution in [0.15, 0.2) is 24.3 Å². The van der Waals surface area contributed by atoms with Crippen LogP contribution in [-0.4, -0.2) is 71.1 Å². The van der Waals surface area contributed by atoms with Crippen molar-refractivity contribution >= 4 is 53.0 Å². The number of hydrogen-bond donors (Lipinski definition) is 0. The fraction of sp³-hybridized carbons (Fsp3) is 0.640. The molecule has 8 atom stereocenters. The van der Waals surface area contributed by atoms with Gasteiger partial charge in [-0.2, -0.15) is 0 Å². The summed E-state index contributed by atoms with van der Waals surface area (Å²) in [6.07, 6.45) is -2.69. The molecule has 1 aliphatic heterocycles. The van der Waals surface area contributed by atoms with Gasteiger partial charge < -0.3 is 23.7 Å². The van der Waals surface area contributed by atoms with Crippen molar-refractivity contribution in [1.82, 2.24) is 0 Å². The SMILES string of the molecule is C=C1C(=O)OC2C1C(OC(=O)C(C)(Cl)COC(C)=O)CC(=C)C1C(OC(C)=O)CC(CCl)(OC(C)=O)C21. The largest absolute Gasteiger partial charge is 0.463 e. The molecule has 8 unspecified atom stereocenters. The molecule has 0 aromatic heterocycles. The minimum atomic E-state index is -1.71. The van der Waals surface area contributed by atoms with Crippen LogP contribution in [0.1, 0.15) is 40.5 Å². The maximum Gasteiger partial charge on any atom is 0.334 e. The van der Waals surface area contributed by atoms with E-state index in [0.717, 1.165) is 0 Å². The highest BCUT2D eigenvalue weighted by atomic mass is 35.5. The number of rotatable bonds is 7. The smallest absolute Gasteiger partial charge is 0.334 e. The number of halogens is 2. The molecular formula is C25H30Cl2O10. The van der Waals surface area contributed by atoms with Crippen molar-refractivity contribution in [1.29, 1.82) is 0 Å².